The van der Waals surface area contributed by atoms with E-state index in [9.17, 15) is 4.79 Å². The minimum atomic E-state index is -0.496. The van der Waals surface area contributed by atoms with Crippen LogP contribution in [0.5, 0.6) is 0 Å². The summed E-state index contributed by atoms with van der Waals surface area (Å²) in [6, 6.07) is 2.93. The Balaban J connectivity index is 3.07. The first-order chi connectivity index (χ1) is 4.70. The number of hydrogen-bond donors (Lipinski definition) is 1. The second-order valence-corrected chi connectivity index (χ2v) is 2.12. The van der Waals surface area contributed by atoms with Gasteiger partial charge in [0.1, 0.15) is 5.15 Å². The topological polar surface area (TPSA) is 56.0 Å². The van der Waals surface area contributed by atoms with E-state index >= 15 is 0 Å². The lowest BCUT2D eigenvalue weighted by atomic mass is 10.3. The Kier molecular flexibility index (Phi) is 1.87. The molecule has 1 aromatic heterocycles. The molecule has 0 atom stereocenters. The van der Waals surface area contributed by atoms with Gasteiger partial charge in [0.25, 0.3) is 0 Å². The molecule has 0 saturated heterocycles. The van der Waals surface area contributed by atoms with E-state index in [1.807, 2.05) is 0 Å². The van der Waals surface area contributed by atoms with Gasteiger partial charge in [0.05, 0.1) is 0 Å². The number of pyridine rings is 1. The largest absolute Gasteiger partial charge is 0.366 e. The molecule has 4 heteroatoms. The van der Waals surface area contributed by atoms with Crippen molar-refractivity contribution >= 4 is 17.5 Å². The summed E-state index contributed by atoms with van der Waals surface area (Å²) in [5, 5.41) is 0.274. The van der Waals surface area contributed by atoms with Crippen LogP contribution in [0, 0.1) is 0 Å². The number of nitrogens with zero attached hydrogens (tertiary/aromatic N) is 1. The van der Waals surface area contributed by atoms with Crippen LogP contribution in [0.25, 0.3) is 0 Å². The van der Waals surface area contributed by atoms with Gasteiger partial charge in [-0.1, -0.05) is 11.6 Å². The molecule has 2 N–H and O–H groups in total. The summed E-state index contributed by atoms with van der Waals surface area (Å²) in [7, 11) is 0. The van der Waals surface area contributed by atoms with E-state index in [0.29, 0.717) is 5.56 Å². The quantitative estimate of drug-likeness (QED) is 0.613. The number of amides is 1. The van der Waals surface area contributed by atoms with Crippen LogP contribution in [0.1, 0.15) is 10.4 Å². The van der Waals surface area contributed by atoms with Gasteiger partial charge >= 0.3 is 0 Å². The molecule has 0 aromatic carbocycles. The summed E-state index contributed by atoms with van der Waals surface area (Å²) in [5.74, 6) is -0.496. The Morgan fingerprint density at radius 2 is 2.40 bits per heavy atom. The summed E-state index contributed by atoms with van der Waals surface area (Å²) in [5.41, 5.74) is 5.33. The summed E-state index contributed by atoms with van der Waals surface area (Å²) < 4.78 is 0. The average molecular weight is 157 g/mol. The number of carbonyl (C=O) groups excluding carboxylic acids is 1. The third-order valence-electron chi connectivity index (χ3n) is 1.01. The van der Waals surface area contributed by atoms with Crippen LogP contribution in [0.2, 0.25) is 5.15 Å². The van der Waals surface area contributed by atoms with Gasteiger partial charge in [-0.15, -0.1) is 0 Å². The standard InChI is InChI=1S/C6H5ClN2O/c7-5-3-4(6(8)10)1-2-9-5/h1-3H,(H2,8,10). The van der Waals surface area contributed by atoms with E-state index in [1.54, 1.807) is 0 Å². The molecule has 0 aliphatic heterocycles. The SMILES string of the molecule is NC(=O)c1ccnc(Cl)c1. The van der Waals surface area contributed by atoms with Crippen LogP contribution in [0.15, 0.2) is 18.3 Å². The lowest BCUT2D eigenvalue weighted by Crippen LogP contribution is -2.10. The molecule has 0 radical (unpaired) electrons. The molecule has 1 aromatic rings. The molecular formula is C6H5ClN2O. The molecule has 0 unspecified atom stereocenters. The second kappa shape index (κ2) is 2.66. The first kappa shape index (κ1) is 7.02. The van der Waals surface area contributed by atoms with Crippen LogP contribution >= 0.6 is 11.6 Å². The highest BCUT2D eigenvalue weighted by molar-refractivity contribution is 6.29. The normalized spacial score (nSPS) is 9.30. The van der Waals surface area contributed by atoms with E-state index in [-0.39, 0.29) is 5.15 Å². The van der Waals surface area contributed by atoms with E-state index in [4.69, 9.17) is 17.3 Å². The number of primary amides is 1. The maximum absolute atomic E-state index is 10.5. The number of carbonyl (C=O) groups is 1. The average Bonchev–Trinajstić information content (AvgIpc) is 1.88. The van der Waals surface area contributed by atoms with Crippen molar-refractivity contribution in [3.05, 3.63) is 29.0 Å². The van der Waals surface area contributed by atoms with E-state index < -0.39 is 5.91 Å². The fourth-order valence-corrected chi connectivity index (χ4v) is 0.730. The molecule has 3 nitrogen and oxygen atoms in total. The lowest BCUT2D eigenvalue weighted by Gasteiger charge is -1.92. The van der Waals surface area contributed by atoms with Crippen LogP contribution in [0.3, 0.4) is 0 Å². The summed E-state index contributed by atoms with van der Waals surface area (Å²) in [4.78, 5) is 14.2. The first-order valence-electron chi connectivity index (χ1n) is 2.61. The van der Waals surface area contributed by atoms with Gasteiger partial charge in [-0.25, -0.2) is 4.98 Å². The highest BCUT2D eigenvalue weighted by Gasteiger charge is 1.98. The number of rotatable bonds is 1. The predicted molar refractivity (Wildman–Crippen MR) is 37.8 cm³/mol. The maximum Gasteiger partial charge on any atom is 0.248 e. The van der Waals surface area contributed by atoms with Crippen LogP contribution in [-0.4, -0.2) is 10.9 Å². The third-order valence-corrected chi connectivity index (χ3v) is 1.22. The van der Waals surface area contributed by atoms with Crippen molar-refractivity contribution in [3.63, 3.8) is 0 Å². The first-order valence-corrected chi connectivity index (χ1v) is 2.99. The minimum Gasteiger partial charge on any atom is -0.366 e. The van der Waals surface area contributed by atoms with Crippen molar-refractivity contribution in [1.29, 1.82) is 0 Å². The van der Waals surface area contributed by atoms with E-state index in [0.717, 1.165) is 0 Å². The molecule has 0 aliphatic rings. The van der Waals surface area contributed by atoms with Gasteiger partial charge < -0.3 is 5.73 Å². The van der Waals surface area contributed by atoms with Crippen molar-refractivity contribution < 1.29 is 4.79 Å². The zero-order valence-corrected chi connectivity index (χ0v) is 5.80. The molecule has 10 heavy (non-hydrogen) atoms. The van der Waals surface area contributed by atoms with Crippen molar-refractivity contribution in [2.75, 3.05) is 0 Å². The van der Waals surface area contributed by atoms with Crippen LogP contribution in [0.4, 0.5) is 0 Å². The van der Waals surface area contributed by atoms with Gasteiger partial charge in [0.15, 0.2) is 0 Å². The zero-order chi connectivity index (χ0) is 7.56. The van der Waals surface area contributed by atoms with Gasteiger partial charge in [0, 0.05) is 11.8 Å². The number of nitrogens with two attached hydrogens (primary N) is 1. The third kappa shape index (κ3) is 1.45. The molecule has 0 bridgehead atoms. The highest BCUT2D eigenvalue weighted by Crippen LogP contribution is 2.05. The van der Waals surface area contributed by atoms with Gasteiger partial charge in [-0.2, -0.15) is 0 Å². The molecule has 1 heterocycles. The maximum atomic E-state index is 10.5. The summed E-state index contributed by atoms with van der Waals surface area (Å²) in [6.45, 7) is 0. The number of aromatic nitrogens is 1. The number of halogens is 1. The lowest BCUT2D eigenvalue weighted by molar-refractivity contribution is 0.1000. The molecule has 0 saturated carbocycles. The van der Waals surface area contributed by atoms with Crippen molar-refractivity contribution in [2.24, 2.45) is 5.73 Å². The Morgan fingerprint density at radius 1 is 1.70 bits per heavy atom. The number of hydrogen-bond acceptors (Lipinski definition) is 2. The Hall–Kier alpha value is -1.09. The Labute approximate surface area is 62.8 Å². The van der Waals surface area contributed by atoms with Crippen molar-refractivity contribution in [3.8, 4) is 0 Å². The molecule has 52 valence electrons. The Morgan fingerprint density at radius 3 is 2.80 bits per heavy atom. The van der Waals surface area contributed by atoms with Gasteiger partial charge in [-0.05, 0) is 12.1 Å². The second-order valence-electron chi connectivity index (χ2n) is 1.73. The highest BCUT2D eigenvalue weighted by atomic mass is 35.5. The Bertz CT molecular complexity index is 262. The van der Waals surface area contributed by atoms with Gasteiger partial charge in [0.2, 0.25) is 5.91 Å². The fraction of sp³-hybridized carbons (Fsp3) is 0. The molecular weight excluding hydrogens is 152 g/mol. The molecule has 0 spiro atoms. The minimum absolute atomic E-state index is 0.274. The molecule has 1 rings (SSSR count). The van der Waals surface area contributed by atoms with E-state index in [1.165, 1.54) is 18.3 Å². The fourth-order valence-electron chi connectivity index (χ4n) is 0.556. The smallest absolute Gasteiger partial charge is 0.248 e. The van der Waals surface area contributed by atoms with E-state index in [2.05, 4.69) is 4.98 Å². The van der Waals surface area contributed by atoms with Gasteiger partial charge in [-0.3, -0.25) is 4.79 Å². The zero-order valence-electron chi connectivity index (χ0n) is 5.04. The molecule has 1 amide bonds. The predicted octanol–water partition coefficient (Wildman–Crippen LogP) is 0.834. The van der Waals surface area contributed by atoms with Crippen molar-refractivity contribution in [2.45, 2.75) is 0 Å². The summed E-state index contributed by atoms with van der Waals surface area (Å²) >= 11 is 5.47. The molecule has 0 aliphatic carbocycles. The van der Waals surface area contributed by atoms with Crippen LogP contribution in [-0.2, 0) is 0 Å². The molecule has 0 fully saturated rings. The monoisotopic (exact) mass is 156 g/mol. The van der Waals surface area contributed by atoms with Crippen molar-refractivity contribution in [1.82, 2.24) is 4.98 Å². The summed E-state index contributed by atoms with van der Waals surface area (Å²) in [6.07, 6.45) is 1.43. The van der Waals surface area contributed by atoms with Crippen LogP contribution < -0.4 is 5.73 Å².